The third kappa shape index (κ3) is 2.06. The normalized spacial score (nSPS) is 11.0. The van der Waals surface area contributed by atoms with Gasteiger partial charge in [0.25, 0.3) is 5.82 Å². The number of rotatable bonds is 2. The van der Waals surface area contributed by atoms with Crippen LogP contribution in [-0.2, 0) is 6.54 Å². The molecule has 0 spiro atoms. The molecule has 3 rings (SSSR count). The molecule has 0 saturated carbocycles. The third-order valence-electron chi connectivity index (χ3n) is 2.84. The first kappa shape index (κ1) is 11.7. The molecule has 7 heteroatoms. The summed E-state index contributed by atoms with van der Waals surface area (Å²) in [5.74, 6) is 0.0554. The van der Waals surface area contributed by atoms with Crippen LogP contribution in [0.3, 0.4) is 0 Å². The number of imidazole rings is 1. The van der Waals surface area contributed by atoms with Crippen LogP contribution in [0.15, 0.2) is 36.9 Å². The Hall–Kier alpha value is -2.34. The van der Waals surface area contributed by atoms with Crippen molar-refractivity contribution in [1.29, 1.82) is 0 Å². The van der Waals surface area contributed by atoms with E-state index in [4.69, 9.17) is 17.3 Å². The van der Waals surface area contributed by atoms with E-state index in [0.29, 0.717) is 27.5 Å². The quantitative estimate of drug-likeness (QED) is 0.565. The Labute approximate surface area is 113 Å². The van der Waals surface area contributed by atoms with Gasteiger partial charge in [-0.3, -0.25) is 4.57 Å². The fraction of sp³-hybridized carbons (Fsp3) is 0.0833. The molecule has 96 valence electrons. The number of benzene rings is 1. The lowest BCUT2D eigenvalue weighted by Gasteiger charge is -2.05. The number of hydrogen-bond donors (Lipinski definition) is 1. The zero-order chi connectivity index (χ0) is 13.4. The van der Waals surface area contributed by atoms with Crippen LogP contribution >= 0.6 is 11.6 Å². The zero-order valence-electron chi connectivity index (χ0n) is 9.82. The number of nitrogens with two attached hydrogens (primary N) is 1. The molecule has 0 bridgehead atoms. The van der Waals surface area contributed by atoms with Crippen molar-refractivity contribution in [3.8, 4) is 0 Å². The summed E-state index contributed by atoms with van der Waals surface area (Å²) in [6.07, 6.45) is 2.75. The number of anilines is 1. The van der Waals surface area contributed by atoms with Crippen molar-refractivity contribution in [2.45, 2.75) is 6.54 Å². The molecule has 0 amide bonds. The first-order valence-electron chi connectivity index (χ1n) is 5.58. The average Bonchev–Trinajstić information content (AvgIpc) is 2.80. The highest BCUT2D eigenvalue weighted by Crippen LogP contribution is 2.16. The van der Waals surface area contributed by atoms with Crippen molar-refractivity contribution >= 4 is 28.6 Å². The SMILES string of the molecule is Nc1c2ncn(Cc3ccc(Cl)cc3)c2nc[n+]1[O-]. The monoisotopic (exact) mass is 275 g/mol. The number of halogens is 1. The fourth-order valence-electron chi connectivity index (χ4n) is 1.87. The molecule has 0 unspecified atom stereocenters. The van der Waals surface area contributed by atoms with E-state index in [2.05, 4.69) is 9.97 Å². The van der Waals surface area contributed by atoms with Gasteiger partial charge in [-0.2, -0.15) is 0 Å². The van der Waals surface area contributed by atoms with E-state index in [1.54, 1.807) is 6.33 Å². The number of hydrogen-bond acceptors (Lipinski definition) is 4. The van der Waals surface area contributed by atoms with Gasteiger partial charge in [0.1, 0.15) is 0 Å². The van der Waals surface area contributed by atoms with Crippen LogP contribution in [0.25, 0.3) is 11.2 Å². The van der Waals surface area contributed by atoms with E-state index in [-0.39, 0.29) is 5.82 Å². The molecule has 19 heavy (non-hydrogen) atoms. The highest BCUT2D eigenvalue weighted by atomic mass is 35.5. The number of nitrogen functional groups attached to an aromatic ring is 1. The van der Waals surface area contributed by atoms with Gasteiger partial charge in [-0.1, -0.05) is 28.7 Å². The van der Waals surface area contributed by atoms with Crippen molar-refractivity contribution in [3.63, 3.8) is 0 Å². The van der Waals surface area contributed by atoms with Crippen LogP contribution in [0.2, 0.25) is 5.02 Å². The molecule has 0 aliphatic rings. The van der Waals surface area contributed by atoms with E-state index in [1.165, 1.54) is 0 Å². The second kappa shape index (κ2) is 4.40. The second-order valence-electron chi connectivity index (χ2n) is 4.13. The minimum atomic E-state index is 0.0554. The van der Waals surface area contributed by atoms with Crippen molar-refractivity contribution in [2.24, 2.45) is 0 Å². The van der Waals surface area contributed by atoms with Gasteiger partial charge in [0.15, 0.2) is 5.52 Å². The number of nitrogens with zero attached hydrogens (tertiary/aromatic N) is 4. The summed E-state index contributed by atoms with van der Waals surface area (Å²) in [4.78, 5) is 8.18. The number of aromatic nitrogens is 4. The minimum Gasteiger partial charge on any atom is -0.740 e. The molecule has 2 heterocycles. The van der Waals surface area contributed by atoms with Gasteiger partial charge in [0.2, 0.25) is 12.0 Å². The van der Waals surface area contributed by atoms with Crippen LogP contribution in [-0.4, -0.2) is 14.5 Å². The molecular formula is C12H10ClN5O. The number of fused-ring (bicyclic) bond motifs is 1. The van der Waals surface area contributed by atoms with Gasteiger partial charge >= 0.3 is 0 Å². The summed E-state index contributed by atoms with van der Waals surface area (Å²) in [7, 11) is 0. The Kier molecular flexibility index (Phi) is 2.72. The maximum Gasteiger partial charge on any atom is 0.251 e. The van der Waals surface area contributed by atoms with Gasteiger partial charge in [0, 0.05) is 5.02 Å². The summed E-state index contributed by atoms with van der Waals surface area (Å²) in [6.45, 7) is 0.586. The predicted molar refractivity (Wildman–Crippen MR) is 71.5 cm³/mol. The topological polar surface area (TPSA) is 83.7 Å². The summed E-state index contributed by atoms with van der Waals surface area (Å²) in [5, 5.41) is 12.0. The largest absolute Gasteiger partial charge is 0.740 e. The average molecular weight is 276 g/mol. The lowest BCUT2D eigenvalue weighted by atomic mass is 10.2. The molecule has 2 N–H and O–H groups in total. The molecule has 1 aromatic carbocycles. The molecule has 3 aromatic rings. The molecule has 0 atom stereocenters. The smallest absolute Gasteiger partial charge is 0.251 e. The zero-order valence-corrected chi connectivity index (χ0v) is 10.6. The minimum absolute atomic E-state index is 0.0554. The first-order valence-corrected chi connectivity index (χ1v) is 5.96. The van der Waals surface area contributed by atoms with Crippen LogP contribution < -0.4 is 10.5 Å². The summed E-state index contributed by atoms with van der Waals surface area (Å²) in [5.41, 5.74) is 7.71. The molecule has 0 fully saturated rings. The standard InChI is InChI=1S/C12H10ClN5O/c13-9-3-1-8(2-4-9)5-17-6-15-10-11(14)18(19)7-16-12(10)17/h1-4,6-7H,5,14H2. The fourth-order valence-corrected chi connectivity index (χ4v) is 1.99. The Morgan fingerprint density at radius 1 is 1.26 bits per heavy atom. The van der Waals surface area contributed by atoms with Gasteiger partial charge in [0.05, 0.1) is 12.9 Å². The van der Waals surface area contributed by atoms with E-state index in [1.807, 2.05) is 28.8 Å². The predicted octanol–water partition coefficient (Wildman–Crippen LogP) is 1.35. The molecule has 0 aliphatic heterocycles. The molecule has 0 saturated heterocycles. The van der Waals surface area contributed by atoms with Gasteiger partial charge in [-0.05, 0) is 17.7 Å². The van der Waals surface area contributed by atoms with Crippen molar-refractivity contribution in [3.05, 3.63) is 52.7 Å². The first-order chi connectivity index (χ1) is 9.15. The lowest BCUT2D eigenvalue weighted by molar-refractivity contribution is -0.592. The maximum atomic E-state index is 11.3. The third-order valence-corrected chi connectivity index (χ3v) is 3.09. The van der Waals surface area contributed by atoms with Gasteiger partial charge < -0.3 is 10.9 Å². The van der Waals surface area contributed by atoms with Crippen LogP contribution in [0.5, 0.6) is 0 Å². The Balaban J connectivity index is 2.02. The van der Waals surface area contributed by atoms with Crippen molar-refractivity contribution in [1.82, 2.24) is 14.5 Å². The molecule has 0 aliphatic carbocycles. The molecular weight excluding hydrogens is 266 g/mol. The summed E-state index contributed by atoms with van der Waals surface area (Å²) < 4.78 is 2.33. The van der Waals surface area contributed by atoms with Crippen LogP contribution in [0.1, 0.15) is 5.56 Å². The van der Waals surface area contributed by atoms with Crippen molar-refractivity contribution in [2.75, 3.05) is 5.73 Å². The Bertz CT molecular complexity index is 738. The van der Waals surface area contributed by atoms with Crippen LogP contribution in [0.4, 0.5) is 5.82 Å². The van der Waals surface area contributed by atoms with Gasteiger partial charge in [-0.25, -0.2) is 9.71 Å². The second-order valence-corrected chi connectivity index (χ2v) is 4.56. The summed E-state index contributed by atoms with van der Waals surface area (Å²) >= 11 is 5.84. The van der Waals surface area contributed by atoms with Gasteiger partial charge in [-0.15, -0.1) is 0 Å². The molecule has 6 nitrogen and oxygen atoms in total. The Morgan fingerprint density at radius 2 is 2.00 bits per heavy atom. The van der Waals surface area contributed by atoms with Crippen LogP contribution in [0, 0.1) is 5.21 Å². The van der Waals surface area contributed by atoms with E-state index >= 15 is 0 Å². The van der Waals surface area contributed by atoms with Crippen molar-refractivity contribution < 1.29 is 4.73 Å². The maximum absolute atomic E-state index is 11.3. The highest BCUT2D eigenvalue weighted by Gasteiger charge is 2.13. The molecule has 2 aromatic heterocycles. The highest BCUT2D eigenvalue weighted by molar-refractivity contribution is 6.30. The Morgan fingerprint density at radius 3 is 2.74 bits per heavy atom. The van der Waals surface area contributed by atoms with E-state index in [0.717, 1.165) is 11.9 Å². The lowest BCUT2D eigenvalue weighted by Crippen LogP contribution is -2.31. The summed E-state index contributed by atoms with van der Waals surface area (Å²) in [6, 6.07) is 7.50. The molecule has 0 radical (unpaired) electrons. The van der Waals surface area contributed by atoms with E-state index in [9.17, 15) is 5.21 Å². The van der Waals surface area contributed by atoms with E-state index < -0.39 is 0 Å².